The number of nitrogens with one attached hydrogen (secondary N) is 1. The van der Waals surface area contributed by atoms with Crippen LogP contribution in [0.3, 0.4) is 0 Å². The molecule has 2 aromatic carbocycles. The number of para-hydroxylation sites is 2. The van der Waals surface area contributed by atoms with Gasteiger partial charge in [-0.05, 0) is 49.2 Å². The average molecular weight is 315 g/mol. The minimum Gasteiger partial charge on any atom is -0.313 e. The summed E-state index contributed by atoms with van der Waals surface area (Å²) in [7, 11) is -2.11. The maximum atomic E-state index is 13.0. The first kappa shape index (κ1) is 14.6. The van der Waals surface area contributed by atoms with Crippen molar-refractivity contribution in [3.05, 3.63) is 59.2 Å². The third-order valence-corrected chi connectivity index (χ3v) is 5.69. The first-order valence-corrected chi connectivity index (χ1v) is 8.32. The summed E-state index contributed by atoms with van der Waals surface area (Å²) in [6, 6.07) is 12.1. The number of aryl methyl sites for hydroxylation is 3. The van der Waals surface area contributed by atoms with Crippen molar-refractivity contribution in [1.82, 2.24) is 8.54 Å². The Labute approximate surface area is 129 Å². The normalized spacial score (nSPS) is 12.0. The molecule has 1 N–H and O–H groups in total. The quantitative estimate of drug-likeness (QED) is 0.788. The molecule has 114 valence electrons. The molecule has 0 saturated carbocycles. The van der Waals surface area contributed by atoms with Crippen LogP contribution in [0.1, 0.15) is 11.1 Å². The van der Waals surface area contributed by atoms with Crippen LogP contribution < -0.4 is 5.62 Å². The van der Waals surface area contributed by atoms with E-state index < -0.39 is 10.0 Å². The van der Waals surface area contributed by atoms with E-state index in [2.05, 4.69) is 0 Å². The molecule has 0 unspecified atom stereocenters. The lowest BCUT2D eigenvalue weighted by molar-refractivity contribution is 0.583. The van der Waals surface area contributed by atoms with Gasteiger partial charge in [0, 0.05) is 7.05 Å². The standard InChI is InChI=1S/C16H17N3O2S/c1-11-8-9-13(10-12(11)2)22(20,21)19-15-7-5-4-6-14(15)18(3)16(19)17/h4-10,17H,1-3H3. The highest BCUT2D eigenvalue weighted by atomic mass is 32.2. The molecule has 0 radical (unpaired) electrons. The number of hydrogen-bond acceptors (Lipinski definition) is 3. The lowest BCUT2D eigenvalue weighted by atomic mass is 10.1. The monoisotopic (exact) mass is 315 g/mol. The van der Waals surface area contributed by atoms with Gasteiger partial charge in [0.25, 0.3) is 10.0 Å². The number of aromatic nitrogens is 2. The predicted molar refractivity (Wildman–Crippen MR) is 85.3 cm³/mol. The van der Waals surface area contributed by atoms with E-state index in [0.717, 1.165) is 15.1 Å². The number of fused-ring (bicyclic) bond motifs is 1. The van der Waals surface area contributed by atoms with Crippen LogP contribution in [0.4, 0.5) is 0 Å². The molecule has 0 amide bonds. The second-order valence-corrected chi connectivity index (χ2v) is 7.17. The summed E-state index contributed by atoms with van der Waals surface area (Å²) >= 11 is 0. The van der Waals surface area contributed by atoms with Gasteiger partial charge in [0.05, 0.1) is 15.9 Å². The summed E-state index contributed by atoms with van der Waals surface area (Å²) in [5, 5.41) is 8.17. The summed E-state index contributed by atoms with van der Waals surface area (Å²) in [5.74, 6) is 0. The molecule has 0 aliphatic carbocycles. The highest BCUT2D eigenvalue weighted by Crippen LogP contribution is 2.21. The molecule has 0 atom stereocenters. The molecule has 5 nitrogen and oxygen atoms in total. The van der Waals surface area contributed by atoms with Gasteiger partial charge in [-0.2, -0.15) is 0 Å². The fourth-order valence-corrected chi connectivity index (χ4v) is 4.05. The van der Waals surface area contributed by atoms with Gasteiger partial charge in [0.1, 0.15) is 0 Å². The van der Waals surface area contributed by atoms with Crippen LogP contribution >= 0.6 is 0 Å². The van der Waals surface area contributed by atoms with E-state index in [1.165, 1.54) is 0 Å². The van der Waals surface area contributed by atoms with Crippen molar-refractivity contribution >= 4 is 21.1 Å². The second kappa shape index (κ2) is 4.84. The van der Waals surface area contributed by atoms with Crippen LogP contribution in [0, 0.1) is 19.3 Å². The van der Waals surface area contributed by atoms with E-state index in [0.29, 0.717) is 11.0 Å². The lowest BCUT2D eigenvalue weighted by Crippen LogP contribution is -2.28. The summed E-state index contributed by atoms with van der Waals surface area (Å²) in [5.41, 5.74) is 3.09. The second-order valence-electron chi connectivity index (χ2n) is 5.39. The summed E-state index contributed by atoms with van der Waals surface area (Å²) < 4.78 is 28.6. The number of rotatable bonds is 2. The number of benzene rings is 2. The molecular weight excluding hydrogens is 298 g/mol. The van der Waals surface area contributed by atoms with Crippen molar-refractivity contribution in [3.8, 4) is 0 Å². The largest absolute Gasteiger partial charge is 0.313 e. The zero-order chi connectivity index (χ0) is 16.1. The smallest absolute Gasteiger partial charge is 0.271 e. The fraction of sp³-hybridized carbons (Fsp3) is 0.188. The Morgan fingerprint density at radius 2 is 1.59 bits per heavy atom. The Kier molecular flexibility index (Phi) is 3.21. The van der Waals surface area contributed by atoms with Crippen molar-refractivity contribution in [2.24, 2.45) is 7.05 Å². The summed E-state index contributed by atoms with van der Waals surface area (Å²) in [4.78, 5) is 0.199. The van der Waals surface area contributed by atoms with Gasteiger partial charge in [0.2, 0.25) is 5.62 Å². The highest BCUT2D eigenvalue weighted by molar-refractivity contribution is 7.90. The van der Waals surface area contributed by atoms with Crippen molar-refractivity contribution in [2.45, 2.75) is 18.7 Å². The van der Waals surface area contributed by atoms with Crippen LogP contribution in [0.5, 0.6) is 0 Å². The first-order chi connectivity index (χ1) is 10.3. The van der Waals surface area contributed by atoms with E-state index >= 15 is 0 Å². The number of imidazole rings is 1. The van der Waals surface area contributed by atoms with Crippen LogP contribution in [0.2, 0.25) is 0 Å². The first-order valence-electron chi connectivity index (χ1n) is 6.88. The van der Waals surface area contributed by atoms with Crippen molar-refractivity contribution in [1.29, 1.82) is 5.41 Å². The highest BCUT2D eigenvalue weighted by Gasteiger charge is 2.22. The lowest BCUT2D eigenvalue weighted by Gasteiger charge is -2.09. The van der Waals surface area contributed by atoms with E-state index in [4.69, 9.17) is 5.41 Å². The molecule has 0 aliphatic heterocycles. The van der Waals surface area contributed by atoms with Crippen molar-refractivity contribution in [3.63, 3.8) is 0 Å². The van der Waals surface area contributed by atoms with Crippen LogP contribution in [0.25, 0.3) is 11.0 Å². The Balaban J connectivity index is 2.37. The number of nitrogens with zero attached hydrogens (tertiary/aromatic N) is 2. The van der Waals surface area contributed by atoms with Crippen molar-refractivity contribution in [2.75, 3.05) is 0 Å². The van der Waals surface area contributed by atoms with E-state index in [-0.39, 0.29) is 10.5 Å². The van der Waals surface area contributed by atoms with Gasteiger partial charge in [-0.1, -0.05) is 18.2 Å². The molecule has 0 spiro atoms. The summed E-state index contributed by atoms with van der Waals surface area (Å²) in [6.45, 7) is 3.82. The van der Waals surface area contributed by atoms with E-state index in [9.17, 15) is 8.42 Å². The van der Waals surface area contributed by atoms with E-state index in [1.54, 1.807) is 48.0 Å². The minimum atomic E-state index is -3.81. The van der Waals surface area contributed by atoms with E-state index in [1.807, 2.05) is 19.9 Å². The Bertz CT molecular complexity index is 1040. The third-order valence-electron chi connectivity index (χ3n) is 3.99. The molecule has 1 heterocycles. The van der Waals surface area contributed by atoms with Gasteiger partial charge >= 0.3 is 0 Å². The summed E-state index contributed by atoms with van der Waals surface area (Å²) in [6.07, 6.45) is 0. The number of hydrogen-bond donors (Lipinski definition) is 1. The molecule has 0 fully saturated rings. The molecule has 3 aromatic rings. The SMILES string of the molecule is Cc1ccc(S(=O)(=O)n2c(=N)n(C)c3ccccc32)cc1C. The molecule has 1 aromatic heterocycles. The van der Waals surface area contributed by atoms with Crippen LogP contribution in [0.15, 0.2) is 47.4 Å². The Hall–Kier alpha value is -2.34. The predicted octanol–water partition coefficient (Wildman–Crippen LogP) is 2.31. The molecular formula is C16H17N3O2S. The van der Waals surface area contributed by atoms with Gasteiger partial charge in [0.15, 0.2) is 0 Å². The van der Waals surface area contributed by atoms with Gasteiger partial charge < -0.3 is 4.57 Å². The van der Waals surface area contributed by atoms with Crippen LogP contribution in [-0.4, -0.2) is 17.0 Å². The minimum absolute atomic E-state index is 0.0700. The van der Waals surface area contributed by atoms with Gasteiger partial charge in [-0.15, -0.1) is 0 Å². The average Bonchev–Trinajstić information content (AvgIpc) is 2.74. The Morgan fingerprint density at radius 1 is 0.955 bits per heavy atom. The maximum absolute atomic E-state index is 13.0. The van der Waals surface area contributed by atoms with Crippen LogP contribution in [-0.2, 0) is 17.1 Å². The molecule has 3 rings (SSSR count). The molecule has 22 heavy (non-hydrogen) atoms. The molecule has 0 aliphatic rings. The molecule has 6 heteroatoms. The maximum Gasteiger partial charge on any atom is 0.271 e. The third kappa shape index (κ3) is 1.99. The topological polar surface area (TPSA) is 67.8 Å². The zero-order valence-electron chi connectivity index (χ0n) is 12.7. The zero-order valence-corrected chi connectivity index (χ0v) is 13.5. The molecule has 0 bridgehead atoms. The molecule has 0 saturated heterocycles. The van der Waals surface area contributed by atoms with Gasteiger partial charge in [-0.3, -0.25) is 5.41 Å². The fourth-order valence-electron chi connectivity index (χ4n) is 2.51. The van der Waals surface area contributed by atoms with Gasteiger partial charge in [-0.25, -0.2) is 12.4 Å². The Morgan fingerprint density at radius 3 is 2.23 bits per heavy atom. The van der Waals surface area contributed by atoms with Crippen molar-refractivity contribution < 1.29 is 8.42 Å².